The van der Waals surface area contributed by atoms with Crippen LogP contribution in [0.5, 0.6) is 0 Å². The first kappa shape index (κ1) is 19.2. The number of H-pyrrole nitrogens is 1. The number of aromatic amines is 1. The molecule has 158 valence electrons. The molecule has 4 aromatic rings. The lowest BCUT2D eigenvalue weighted by Gasteiger charge is -2.27. The fraction of sp³-hybridized carbons (Fsp3) is 0.318. The quantitative estimate of drug-likeness (QED) is 0.371. The summed E-state index contributed by atoms with van der Waals surface area (Å²) < 4.78 is 1.84. The second kappa shape index (κ2) is 7.82. The van der Waals surface area contributed by atoms with Crippen molar-refractivity contribution in [3.63, 3.8) is 0 Å². The number of nitrogens with two attached hydrogens (primary N) is 1. The fourth-order valence-electron chi connectivity index (χ4n) is 4.55. The maximum absolute atomic E-state index is 11.3. The fourth-order valence-corrected chi connectivity index (χ4v) is 4.55. The van der Waals surface area contributed by atoms with Crippen LogP contribution in [0.25, 0.3) is 27.8 Å². The third kappa shape index (κ3) is 3.52. The van der Waals surface area contributed by atoms with Gasteiger partial charge in [0.05, 0.1) is 11.9 Å². The molecule has 3 heterocycles. The highest BCUT2D eigenvalue weighted by Crippen LogP contribution is 2.38. The van der Waals surface area contributed by atoms with Crippen molar-refractivity contribution in [3.8, 4) is 11.4 Å². The monoisotopic (exact) mass is 416 g/mol. The highest BCUT2D eigenvalue weighted by molar-refractivity contribution is 6.24. The summed E-state index contributed by atoms with van der Waals surface area (Å²) in [5.41, 5.74) is 9.69. The minimum Gasteiger partial charge on any atom is -0.382 e. The number of nitrogens with one attached hydrogen (secondary N) is 3. The molecule has 0 aliphatic heterocycles. The summed E-state index contributed by atoms with van der Waals surface area (Å²) in [7, 11) is 0. The summed E-state index contributed by atoms with van der Waals surface area (Å²) in [4.78, 5) is 24.0. The molecule has 5 N–H and O–H groups in total. The number of hydrogen-bond acceptors (Lipinski definition) is 6. The number of amides is 1. The molecule has 1 aromatic carbocycles. The van der Waals surface area contributed by atoms with Crippen molar-refractivity contribution in [3.05, 3.63) is 42.5 Å². The van der Waals surface area contributed by atoms with E-state index in [0.717, 1.165) is 65.5 Å². The molecule has 3 aromatic heterocycles. The van der Waals surface area contributed by atoms with Gasteiger partial charge in [-0.15, -0.1) is 0 Å². The molecular formula is C22H24N8O. The molecule has 31 heavy (non-hydrogen) atoms. The maximum Gasteiger partial charge on any atom is 0.261 e. The molecule has 0 radical (unpaired) electrons. The average molecular weight is 416 g/mol. The van der Waals surface area contributed by atoms with Crippen LogP contribution in [0, 0.1) is 11.3 Å². The number of imidazole rings is 1. The summed E-state index contributed by atoms with van der Waals surface area (Å²) in [6.45, 7) is 0.610. The molecule has 0 atom stereocenters. The van der Waals surface area contributed by atoms with Gasteiger partial charge in [-0.1, -0.05) is 18.2 Å². The zero-order valence-electron chi connectivity index (χ0n) is 17.0. The maximum atomic E-state index is 11.3. The van der Waals surface area contributed by atoms with Crippen molar-refractivity contribution in [1.82, 2.24) is 29.9 Å². The Bertz CT molecular complexity index is 1230. The molecule has 1 aliphatic rings. The summed E-state index contributed by atoms with van der Waals surface area (Å²) in [6.07, 6.45) is 6.18. The van der Waals surface area contributed by atoms with Crippen LogP contribution in [-0.2, 0) is 4.79 Å². The normalized spacial score (nSPS) is 19.0. The number of nitrogens with zero attached hydrogens (tertiary/aromatic N) is 4. The van der Waals surface area contributed by atoms with E-state index in [4.69, 9.17) is 16.1 Å². The van der Waals surface area contributed by atoms with Gasteiger partial charge in [-0.3, -0.25) is 4.79 Å². The Morgan fingerprint density at radius 1 is 1.29 bits per heavy atom. The van der Waals surface area contributed by atoms with E-state index in [9.17, 15) is 4.79 Å². The Balaban J connectivity index is 1.46. The average Bonchev–Trinajstić information content (AvgIpc) is 3.40. The molecular weight excluding hydrogens is 392 g/mol. The number of aromatic nitrogens is 5. The van der Waals surface area contributed by atoms with Gasteiger partial charge < -0.3 is 21.4 Å². The predicted octanol–water partition coefficient (Wildman–Crippen LogP) is 2.89. The van der Waals surface area contributed by atoms with Crippen LogP contribution in [0.3, 0.4) is 0 Å². The van der Waals surface area contributed by atoms with Gasteiger partial charge in [-0.05, 0) is 43.7 Å². The van der Waals surface area contributed by atoms with Gasteiger partial charge in [-0.2, -0.15) is 5.10 Å². The minimum atomic E-state index is -0.337. The van der Waals surface area contributed by atoms with Crippen molar-refractivity contribution < 1.29 is 4.79 Å². The Morgan fingerprint density at radius 2 is 2.10 bits per heavy atom. The molecule has 0 spiro atoms. The second-order valence-electron chi connectivity index (χ2n) is 8.10. The molecule has 9 nitrogen and oxygen atoms in total. The van der Waals surface area contributed by atoms with Gasteiger partial charge in [-0.25, -0.2) is 14.5 Å². The van der Waals surface area contributed by atoms with E-state index in [1.54, 1.807) is 0 Å². The smallest absolute Gasteiger partial charge is 0.261 e. The van der Waals surface area contributed by atoms with Crippen molar-refractivity contribution in [2.75, 3.05) is 12.3 Å². The lowest BCUT2D eigenvalue weighted by molar-refractivity contribution is -0.114. The highest BCUT2D eigenvalue weighted by Gasteiger charge is 2.28. The second-order valence-corrected chi connectivity index (χ2v) is 8.10. The van der Waals surface area contributed by atoms with Crippen LogP contribution in [-0.4, -0.2) is 43.2 Å². The van der Waals surface area contributed by atoms with Crippen LogP contribution in [0.2, 0.25) is 0 Å². The largest absolute Gasteiger partial charge is 0.382 e. The number of carbonyl (C=O) groups excluding carboxylic acids is 1. The van der Waals surface area contributed by atoms with E-state index >= 15 is 0 Å². The van der Waals surface area contributed by atoms with Crippen LogP contribution < -0.4 is 11.1 Å². The molecule has 1 aliphatic carbocycles. The zero-order chi connectivity index (χ0) is 21.4. The van der Waals surface area contributed by atoms with Gasteiger partial charge in [0.15, 0.2) is 5.82 Å². The van der Waals surface area contributed by atoms with Crippen molar-refractivity contribution in [2.45, 2.75) is 31.6 Å². The number of anilines is 1. The number of rotatable bonds is 5. The van der Waals surface area contributed by atoms with E-state index in [1.807, 2.05) is 22.7 Å². The van der Waals surface area contributed by atoms with Crippen molar-refractivity contribution >= 4 is 34.4 Å². The SMILES string of the molecule is N=CC(=O)NC[C@H]1CC[C@H](c2nc(-c3cc4ccccc4[nH]3)c3c(N)ncnn32)CC1. The molecule has 1 fully saturated rings. The molecule has 1 saturated carbocycles. The summed E-state index contributed by atoms with van der Waals surface area (Å²) in [5.74, 6) is 1.65. The van der Waals surface area contributed by atoms with Gasteiger partial charge >= 0.3 is 0 Å². The summed E-state index contributed by atoms with van der Waals surface area (Å²) in [5, 5.41) is 15.4. The predicted molar refractivity (Wildman–Crippen MR) is 119 cm³/mol. The van der Waals surface area contributed by atoms with Crippen LogP contribution in [0.15, 0.2) is 36.7 Å². The third-order valence-corrected chi connectivity index (χ3v) is 6.18. The molecule has 0 bridgehead atoms. The lowest BCUT2D eigenvalue weighted by atomic mass is 9.81. The first-order chi connectivity index (χ1) is 15.1. The van der Waals surface area contributed by atoms with E-state index in [2.05, 4.69) is 32.5 Å². The molecule has 9 heteroatoms. The Hall–Kier alpha value is -3.75. The number of carbonyl (C=O) groups is 1. The Labute approximate surface area is 178 Å². The highest BCUT2D eigenvalue weighted by atomic mass is 16.1. The lowest BCUT2D eigenvalue weighted by Crippen LogP contribution is -2.31. The summed E-state index contributed by atoms with van der Waals surface area (Å²) >= 11 is 0. The first-order valence-corrected chi connectivity index (χ1v) is 10.5. The van der Waals surface area contributed by atoms with Gasteiger partial charge in [0.1, 0.15) is 23.4 Å². The zero-order valence-corrected chi connectivity index (χ0v) is 17.0. The molecule has 1 amide bonds. The molecule has 5 rings (SSSR count). The first-order valence-electron chi connectivity index (χ1n) is 10.5. The Kier molecular flexibility index (Phi) is 4.85. The topological polar surface area (TPSA) is 138 Å². The molecule has 0 saturated heterocycles. The number of para-hydroxylation sites is 1. The van der Waals surface area contributed by atoms with Crippen LogP contribution in [0.4, 0.5) is 5.82 Å². The van der Waals surface area contributed by atoms with Crippen LogP contribution >= 0.6 is 0 Å². The third-order valence-electron chi connectivity index (χ3n) is 6.18. The number of benzene rings is 1. The minimum absolute atomic E-state index is 0.259. The van der Waals surface area contributed by atoms with E-state index < -0.39 is 0 Å². The van der Waals surface area contributed by atoms with Crippen molar-refractivity contribution in [1.29, 1.82) is 5.41 Å². The standard InChI is InChI=1S/C22H24N8O/c23-10-18(31)25-11-13-5-7-14(8-6-13)22-29-19(20-21(24)26-12-27-30(20)22)17-9-15-3-1-2-4-16(15)28-17/h1-4,9-10,12-14,23,28H,5-8,11H2,(H,25,31)(H2,24,26,27)/t13-,14-. The number of nitrogen functional groups attached to an aromatic ring is 1. The summed E-state index contributed by atoms with van der Waals surface area (Å²) in [6, 6.07) is 10.2. The molecule has 0 unspecified atom stereocenters. The van der Waals surface area contributed by atoms with E-state index in [-0.39, 0.29) is 11.8 Å². The Morgan fingerprint density at radius 3 is 2.87 bits per heavy atom. The van der Waals surface area contributed by atoms with E-state index in [1.165, 1.54) is 6.33 Å². The number of fused-ring (bicyclic) bond motifs is 2. The van der Waals surface area contributed by atoms with Gasteiger partial charge in [0.25, 0.3) is 5.91 Å². The van der Waals surface area contributed by atoms with Crippen LogP contribution in [0.1, 0.15) is 37.4 Å². The van der Waals surface area contributed by atoms with Gasteiger partial charge in [0, 0.05) is 23.4 Å². The number of hydrogen-bond donors (Lipinski definition) is 4. The van der Waals surface area contributed by atoms with E-state index in [0.29, 0.717) is 18.3 Å². The van der Waals surface area contributed by atoms with Gasteiger partial charge in [0.2, 0.25) is 0 Å². The van der Waals surface area contributed by atoms with Crippen molar-refractivity contribution in [2.24, 2.45) is 5.92 Å².